The fourth-order valence-electron chi connectivity index (χ4n) is 1.59. The second-order valence-electron chi connectivity index (χ2n) is 3.13. The van der Waals surface area contributed by atoms with Crippen LogP contribution in [0.25, 0.3) is 10.9 Å². The summed E-state index contributed by atoms with van der Waals surface area (Å²) in [6, 6.07) is 8.21. The third-order valence-corrected chi connectivity index (χ3v) is 2.22. The van der Waals surface area contributed by atoms with E-state index < -0.39 is 0 Å². The van der Waals surface area contributed by atoms with Gasteiger partial charge in [0.1, 0.15) is 7.11 Å². The lowest BCUT2D eigenvalue weighted by Crippen LogP contribution is -1.82. The van der Waals surface area contributed by atoms with E-state index >= 15 is 0 Å². The minimum atomic E-state index is 1.07. The summed E-state index contributed by atoms with van der Waals surface area (Å²) in [5, 5.41) is 4.96. The topological polar surface area (TPSA) is 26.5 Å². The first-order valence-electron chi connectivity index (χ1n) is 4.43. The van der Waals surface area contributed by atoms with Crippen LogP contribution < -0.4 is 0 Å². The predicted octanol–water partition coefficient (Wildman–Crippen LogP) is 2.16. The highest BCUT2D eigenvalue weighted by Gasteiger charge is 2.02. The molecule has 72 valence electrons. The summed E-state index contributed by atoms with van der Waals surface area (Å²) in [7, 11) is 3.56. The molecule has 2 aromatic rings. The van der Waals surface area contributed by atoms with Gasteiger partial charge in [0.2, 0.25) is 0 Å². The van der Waals surface area contributed by atoms with Crippen LogP contribution in [-0.4, -0.2) is 17.9 Å². The molecule has 0 fully saturated rings. The van der Waals surface area contributed by atoms with Crippen molar-refractivity contribution < 1.29 is 4.84 Å². The summed E-state index contributed by atoms with van der Waals surface area (Å²) in [5.74, 6) is 0. The van der Waals surface area contributed by atoms with E-state index in [-0.39, 0.29) is 0 Å². The van der Waals surface area contributed by atoms with Crippen LogP contribution in [0.5, 0.6) is 0 Å². The molecule has 0 saturated carbocycles. The summed E-state index contributed by atoms with van der Waals surface area (Å²) >= 11 is 0. The number of hydrogen-bond donors (Lipinski definition) is 0. The van der Waals surface area contributed by atoms with E-state index in [1.807, 2.05) is 25.4 Å². The van der Waals surface area contributed by atoms with Crippen molar-refractivity contribution in [2.24, 2.45) is 12.2 Å². The first-order valence-corrected chi connectivity index (χ1v) is 4.43. The Bertz CT molecular complexity index is 471. The van der Waals surface area contributed by atoms with Crippen molar-refractivity contribution in [3.63, 3.8) is 0 Å². The Labute approximate surface area is 82.6 Å². The van der Waals surface area contributed by atoms with Crippen LogP contribution in [0, 0.1) is 0 Å². The monoisotopic (exact) mass is 188 g/mol. The van der Waals surface area contributed by atoms with E-state index in [1.54, 1.807) is 13.3 Å². The highest BCUT2D eigenvalue weighted by molar-refractivity contribution is 5.99. The van der Waals surface area contributed by atoms with E-state index in [1.165, 1.54) is 10.9 Å². The Morgan fingerprint density at radius 1 is 1.36 bits per heavy atom. The summed E-state index contributed by atoms with van der Waals surface area (Å²) < 4.78 is 2.08. The number of aryl methyl sites for hydroxylation is 1. The number of nitrogens with zero attached hydrogens (tertiary/aromatic N) is 2. The van der Waals surface area contributed by atoms with Crippen molar-refractivity contribution in [2.45, 2.75) is 0 Å². The molecule has 0 amide bonds. The molecule has 1 aromatic heterocycles. The number of aromatic nitrogens is 1. The van der Waals surface area contributed by atoms with E-state index in [2.05, 4.69) is 26.7 Å². The highest BCUT2D eigenvalue weighted by atomic mass is 16.6. The number of benzene rings is 1. The van der Waals surface area contributed by atoms with Gasteiger partial charge in [-0.15, -0.1) is 0 Å². The van der Waals surface area contributed by atoms with E-state index in [0.29, 0.717) is 0 Å². The van der Waals surface area contributed by atoms with Gasteiger partial charge in [-0.1, -0.05) is 23.4 Å². The molecule has 14 heavy (non-hydrogen) atoms. The van der Waals surface area contributed by atoms with Crippen LogP contribution in [0.1, 0.15) is 5.56 Å². The molecule has 0 aliphatic heterocycles. The Balaban J connectivity index is 2.61. The largest absolute Gasteiger partial charge is 0.399 e. The first-order chi connectivity index (χ1) is 6.83. The number of oxime groups is 1. The van der Waals surface area contributed by atoms with Crippen LogP contribution in [-0.2, 0) is 11.9 Å². The van der Waals surface area contributed by atoms with Gasteiger partial charge in [0.15, 0.2) is 0 Å². The van der Waals surface area contributed by atoms with Crippen molar-refractivity contribution in [1.82, 2.24) is 4.57 Å². The summed E-state index contributed by atoms with van der Waals surface area (Å²) in [5.41, 5.74) is 2.27. The Morgan fingerprint density at radius 3 is 2.93 bits per heavy atom. The average Bonchev–Trinajstić information content (AvgIpc) is 2.54. The van der Waals surface area contributed by atoms with Crippen molar-refractivity contribution in [3.05, 3.63) is 36.0 Å². The number of fused-ring (bicyclic) bond motifs is 1. The molecule has 0 N–H and O–H groups in total. The number of para-hydroxylation sites is 1. The maximum Gasteiger partial charge on any atom is 0.106 e. The molecular weight excluding hydrogens is 176 g/mol. The molecule has 0 aliphatic carbocycles. The van der Waals surface area contributed by atoms with Crippen LogP contribution in [0.3, 0.4) is 0 Å². The molecule has 0 spiro atoms. The molecule has 3 heteroatoms. The van der Waals surface area contributed by atoms with Gasteiger partial charge < -0.3 is 9.40 Å². The molecular formula is C11H12N2O. The molecule has 0 aliphatic rings. The van der Waals surface area contributed by atoms with Crippen LogP contribution in [0.15, 0.2) is 35.6 Å². The van der Waals surface area contributed by atoms with Crippen LogP contribution in [0.4, 0.5) is 0 Å². The van der Waals surface area contributed by atoms with Gasteiger partial charge in [0.25, 0.3) is 0 Å². The molecule has 0 saturated heterocycles. The predicted molar refractivity (Wildman–Crippen MR) is 57.5 cm³/mol. The van der Waals surface area contributed by atoms with E-state index in [9.17, 15) is 0 Å². The van der Waals surface area contributed by atoms with E-state index in [4.69, 9.17) is 0 Å². The quantitative estimate of drug-likeness (QED) is 0.524. The lowest BCUT2D eigenvalue weighted by Gasteiger charge is -1.92. The van der Waals surface area contributed by atoms with Gasteiger partial charge in [-0.05, 0) is 6.07 Å². The Kier molecular flexibility index (Phi) is 2.23. The van der Waals surface area contributed by atoms with E-state index in [0.717, 1.165) is 5.56 Å². The average molecular weight is 188 g/mol. The normalized spacial score (nSPS) is 11.3. The Morgan fingerprint density at radius 2 is 2.14 bits per heavy atom. The van der Waals surface area contributed by atoms with Gasteiger partial charge in [0, 0.05) is 29.7 Å². The van der Waals surface area contributed by atoms with Gasteiger partial charge >= 0.3 is 0 Å². The van der Waals surface area contributed by atoms with Crippen molar-refractivity contribution in [3.8, 4) is 0 Å². The number of hydrogen-bond acceptors (Lipinski definition) is 2. The van der Waals surface area contributed by atoms with Gasteiger partial charge in [-0.2, -0.15) is 0 Å². The maximum absolute atomic E-state index is 4.66. The van der Waals surface area contributed by atoms with Gasteiger partial charge in [0.05, 0.1) is 6.21 Å². The lowest BCUT2D eigenvalue weighted by atomic mass is 10.2. The van der Waals surface area contributed by atoms with Gasteiger partial charge in [-0.25, -0.2) is 0 Å². The minimum Gasteiger partial charge on any atom is -0.399 e. The van der Waals surface area contributed by atoms with Crippen molar-refractivity contribution in [2.75, 3.05) is 7.11 Å². The second-order valence-corrected chi connectivity index (χ2v) is 3.13. The molecule has 1 aromatic carbocycles. The molecule has 0 bridgehead atoms. The second kappa shape index (κ2) is 3.54. The van der Waals surface area contributed by atoms with Gasteiger partial charge in [-0.3, -0.25) is 0 Å². The zero-order valence-electron chi connectivity index (χ0n) is 8.27. The lowest BCUT2D eigenvalue weighted by molar-refractivity contribution is 0.215. The molecule has 0 atom stereocenters. The van der Waals surface area contributed by atoms with Crippen LogP contribution >= 0.6 is 0 Å². The zero-order valence-corrected chi connectivity index (χ0v) is 8.27. The molecule has 0 radical (unpaired) electrons. The molecule has 2 rings (SSSR count). The third kappa shape index (κ3) is 1.37. The molecule has 1 heterocycles. The summed E-state index contributed by atoms with van der Waals surface area (Å²) in [6.45, 7) is 0. The maximum atomic E-state index is 4.66. The van der Waals surface area contributed by atoms with Crippen LogP contribution in [0.2, 0.25) is 0 Å². The fourth-order valence-corrected chi connectivity index (χ4v) is 1.59. The minimum absolute atomic E-state index is 1.07. The smallest absolute Gasteiger partial charge is 0.106 e. The zero-order chi connectivity index (χ0) is 9.97. The fraction of sp³-hybridized carbons (Fsp3) is 0.182. The Hall–Kier alpha value is -1.77. The molecule has 0 unspecified atom stereocenters. The SMILES string of the molecule is CO/N=C\c1cn(C)c2ccccc12. The van der Waals surface area contributed by atoms with Crippen molar-refractivity contribution in [1.29, 1.82) is 0 Å². The standard InChI is InChI=1S/C11H12N2O/c1-13-8-9(7-12-14-2)10-5-3-4-6-11(10)13/h3-8H,1-2H3/b12-7-. The third-order valence-electron chi connectivity index (χ3n) is 2.22. The summed E-state index contributed by atoms with van der Waals surface area (Å²) in [4.78, 5) is 4.66. The summed E-state index contributed by atoms with van der Waals surface area (Å²) in [6.07, 6.45) is 3.76. The number of rotatable bonds is 2. The van der Waals surface area contributed by atoms with Crippen molar-refractivity contribution >= 4 is 17.1 Å². The highest BCUT2D eigenvalue weighted by Crippen LogP contribution is 2.18. The first kappa shape index (κ1) is 8.81. The molecule has 3 nitrogen and oxygen atoms in total.